The van der Waals surface area contributed by atoms with E-state index in [-0.39, 0.29) is 0 Å². The second kappa shape index (κ2) is 4.37. The number of alkyl halides is 1. The Bertz CT molecular complexity index is 481. The third-order valence-corrected chi connectivity index (χ3v) is 2.89. The number of oxazole rings is 1. The molecule has 2 nitrogen and oxygen atoms in total. The summed E-state index contributed by atoms with van der Waals surface area (Å²) in [6, 6.07) is 7.61. The maximum absolute atomic E-state index is 6.10. The third-order valence-electron chi connectivity index (χ3n) is 2.05. The van der Waals surface area contributed by atoms with Crippen molar-refractivity contribution in [1.82, 2.24) is 4.98 Å². The van der Waals surface area contributed by atoms with Crippen LogP contribution in [0.2, 0.25) is 5.02 Å². The van der Waals surface area contributed by atoms with Gasteiger partial charge in [0.15, 0.2) is 5.89 Å². The SMILES string of the molecule is Cc1nc(-c2ccccc2Cl)c(CBr)o1. The number of hydrogen-bond donors (Lipinski definition) is 0. The average molecular weight is 287 g/mol. The first-order valence-electron chi connectivity index (χ1n) is 4.49. The van der Waals surface area contributed by atoms with Crippen molar-refractivity contribution in [2.45, 2.75) is 12.3 Å². The van der Waals surface area contributed by atoms with Crippen molar-refractivity contribution in [2.75, 3.05) is 0 Å². The molecule has 1 aromatic heterocycles. The van der Waals surface area contributed by atoms with Crippen LogP contribution in [-0.2, 0) is 5.33 Å². The maximum Gasteiger partial charge on any atom is 0.191 e. The van der Waals surface area contributed by atoms with Crippen LogP contribution in [0.5, 0.6) is 0 Å². The number of nitrogens with zero attached hydrogens (tertiary/aromatic N) is 1. The number of aromatic nitrogens is 1. The molecule has 78 valence electrons. The van der Waals surface area contributed by atoms with Crippen LogP contribution in [0.25, 0.3) is 11.3 Å². The topological polar surface area (TPSA) is 26.0 Å². The van der Waals surface area contributed by atoms with Gasteiger partial charge in [0.05, 0.1) is 10.4 Å². The average Bonchev–Trinajstić information content (AvgIpc) is 2.60. The predicted octanol–water partition coefficient (Wildman–Crippen LogP) is 4.20. The van der Waals surface area contributed by atoms with Crippen LogP contribution >= 0.6 is 27.5 Å². The molecule has 0 atom stereocenters. The van der Waals surface area contributed by atoms with E-state index in [1.165, 1.54) is 0 Å². The summed E-state index contributed by atoms with van der Waals surface area (Å²) in [4.78, 5) is 4.33. The number of rotatable bonds is 2. The van der Waals surface area contributed by atoms with E-state index in [1.807, 2.05) is 31.2 Å². The number of aryl methyl sites for hydroxylation is 1. The van der Waals surface area contributed by atoms with Crippen molar-refractivity contribution in [3.8, 4) is 11.3 Å². The van der Waals surface area contributed by atoms with Gasteiger partial charge in [0.2, 0.25) is 0 Å². The van der Waals surface area contributed by atoms with Crippen molar-refractivity contribution in [1.29, 1.82) is 0 Å². The molecule has 0 bridgehead atoms. The monoisotopic (exact) mass is 285 g/mol. The zero-order valence-corrected chi connectivity index (χ0v) is 10.5. The lowest BCUT2D eigenvalue weighted by Crippen LogP contribution is -1.83. The molecular weight excluding hydrogens is 277 g/mol. The van der Waals surface area contributed by atoms with E-state index in [1.54, 1.807) is 0 Å². The molecule has 1 heterocycles. The Hall–Kier alpha value is -0.800. The smallest absolute Gasteiger partial charge is 0.191 e. The van der Waals surface area contributed by atoms with E-state index in [9.17, 15) is 0 Å². The lowest BCUT2D eigenvalue weighted by molar-refractivity contribution is 0.492. The minimum Gasteiger partial charge on any atom is -0.444 e. The van der Waals surface area contributed by atoms with Crippen molar-refractivity contribution < 1.29 is 4.42 Å². The summed E-state index contributed by atoms with van der Waals surface area (Å²) in [5.74, 6) is 1.46. The zero-order chi connectivity index (χ0) is 10.8. The molecule has 0 aliphatic carbocycles. The molecule has 4 heteroatoms. The number of benzene rings is 1. The molecular formula is C11H9BrClNO. The van der Waals surface area contributed by atoms with Crippen LogP contribution in [0.1, 0.15) is 11.7 Å². The van der Waals surface area contributed by atoms with Gasteiger partial charge in [-0.15, -0.1) is 0 Å². The first-order chi connectivity index (χ1) is 7.22. The summed E-state index contributed by atoms with van der Waals surface area (Å²) < 4.78 is 5.46. The number of hydrogen-bond acceptors (Lipinski definition) is 2. The molecule has 0 N–H and O–H groups in total. The molecule has 0 amide bonds. The minimum absolute atomic E-state index is 0.633. The molecule has 0 aliphatic rings. The second-order valence-electron chi connectivity index (χ2n) is 3.12. The van der Waals surface area contributed by atoms with Crippen LogP contribution < -0.4 is 0 Å². The minimum atomic E-state index is 0.633. The largest absolute Gasteiger partial charge is 0.444 e. The summed E-state index contributed by atoms with van der Waals surface area (Å²) >= 11 is 9.47. The fourth-order valence-corrected chi connectivity index (χ4v) is 2.03. The Morgan fingerprint density at radius 2 is 2.13 bits per heavy atom. The number of halogens is 2. The predicted molar refractivity (Wildman–Crippen MR) is 64.3 cm³/mol. The summed E-state index contributed by atoms with van der Waals surface area (Å²) in [6.45, 7) is 1.83. The first kappa shape index (κ1) is 10.7. The van der Waals surface area contributed by atoms with Crippen molar-refractivity contribution in [3.63, 3.8) is 0 Å². The third kappa shape index (κ3) is 2.08. The molecule has 0 spiro atoms. The summed E-state index contributed by atoms with van der Waals surface area (Å²) in [5, 5.41) is 1.32. The van der Waals surface area contributed by atoms with Gasteiger partial charge in [0, 0.05) is 12.5 Å². The summed E-state index contributed by atoms with van der Waals surface area (Å²) in [5.41, 5.74) is 1.72. The normalized spacial score (nSPS) is 10.6. The highest BCUT2D eigenvalue weighted by atomic mass is 79.9. The highest BCUT2D eigenvalue weighted by molar-refractivity contribution is 9.08. The molecule has 0 saturated heterocycles. The van der Waals surface area contributed by atoms with E-state index in [2.05, 4.69) is 20.9 Å². The van der Waals surface area contributed by atoms with Gasteiger partial charge >= 0.3 is 0 Å². The standard InChI is InChI=1S/C11H9BrClNO/c1-7-14-11(10(6-12)15-7)8-4-2-3-5-9(8)13/h2-5H,6H2,1H3. The molecule has 0 saturated carbocycles. The Balaban J connectivity index is 2.58. The lowest BCUT2D eigenvalue weighted by atomic mass is 10.1. The van der Waals surface area contributed by atoms with Crippen LogP contribution in [0.3, 0.4) is 0 Å². The Morgan fingerprint density at radius 3 is 2.80 bits per heavy atom. The fraction of sp³-hybridized carbons (Fsp3) is 0.182. The fourth-order valence-electron chi connectivity index (χ4n) is 1.42. The Kier molecular flexibility index (Phi) is 3.12. The van der Waals surface area contributed by atoms with E-state index in [4.69, 9.17) is 16.0 Å². The van der Waals surface area contributed by atoms with Gasteiger partial charge in [-0.25, -0.2) is 4.98 Å². The molecule has 15 heavy (non-hydrogen) atoms. The quantitative estimate of drug-likeness (QED) is 0.773. The van der Waals surface area contributed by atoms with Crippen LogP contribution in [0.4, 0.5) is 0 Å². The van der Waals surface area contributed by atoms with E-state index >= 15 is 0 Å². The van der Waals surface area contributed by atoms with Crippen molar-refractivity contribution >= 4 is 27.5 Å². The van der Waals surface area contributed by atoms with Gasteiger partial charge < -0.3 is 4.42 Å². The van der Waals surface area contributed by atoms with Crippen LogP contribution in [-0.4, -0.2) is 4.98 Å². The summed E-state index contributed by atoms with van der Waals surface area (Å²) in [7, 11) is 0. The Labute approximate surface area is 101 Å². The lowest BCUT2D eigenvalue weighted by Gasteiger charge is -2.00. The highest BCUT2D eigenvalue weighted by Crippen LogP contribution is 2.30. The van der Waals surface area contributed by atoms with Crippen LogP contribution in [0, 0.1) is 6.92 Å². The van der Waals surface area contributed by atoms with E-state index in [0.717, 1.165) is 17.0 Å². The van der Waals surface area contributed by atoms with E-state index < -0.39 is 0 Å². The van der Waals surface area contributed by atoms with Gasteiger partial charge in [-0.05, 0) is 6.07 Å². The maximum atomic E-state index is 6.10. The Morgan fingerprint density at radius 1 is 1.40 bits per heavy atom. The van der Waals surface area contributed by atoms with Gasteiger partial charge in [0.25, 0.3) is 0 Å². The van der Waals surface area contributed by atoms with Crippen molar-refractivity contribution in [3.05, 3.63) is 40.9 Å². The molecule has 0 unspecified atom stereocenters. The molecule has 2 aromatic rings. The van der Waals surface area contributed by atoms with E-state index in [0.29, 0.717) is 16.2 Å². The summed E-state index contributed by atoms with van der Waals surface area (Å²) in [6.07, 6.45) is 0. The van der Waals surface area contributed by atoms with Crippen molar-refractivity contribution in [2.24, 2.45) is 0 Å². The van der Waals surface area contributed by atoms with Gasteiger partial charge in [0.1, 0.15) is 11.5 Å². The molecule has 1 aromatic carbocycles. The molecule has 0 radical (unpaired) electrons. The van der Waals surface area contributed by atoms with Gasteiger partial charge in [-0.2, -0.15) is 0 Å². The van der Waals surface area contributed by atoms with Crippen LogP contribution in [0.15, 0.2) is 28.7 Å². The second-order valence-corrected chi connectivity index (χ2v) is 4.09. The molecule has 0 aliphatic heterocycles. The first-order valence-corrected chi connectivity index (χ1v) is 5.99. The van der Waals surface area contributed by atoms with Gasteiger partial charge in [-0.3, -0.25) is 0 Å². The molecule has 2 rings (SSSR count). The van der Waals surface area contributed by atoms with Gasteiger partial charge in [-0.1, -0.05) is 45.7 Å². The highest BCUT2D eigenvalue weighted by Gasteiger charge is 2.13. The molecule has 0 fully saturated rings. The zero-order valence-electron chi connectivity index (χ0n) is 8.13.